The van der Waals surface area contributed by atoms with E-state index in [1.54, 1.807) is 7.11 Å². The Bertz CT molecular complexity index is 323. The van der Waals surface area contributed by atoms with Crippen LogP contribution in [0.3, 0.4) is 0 Å². The average Bonchev–Trinajstić information content (AvgIpc) is 2.75. The van der Waals surface area contributed by atoms with E-state index in [0.717, 1.165) is 12.8 Å². The quantitative estimate of drug-likeness (QED) is 0.796. The Morgan fingerprint density at radius 1 is 1.50 bits per heavy atom. The molecule has 0 spiro atoms. The van der Waals surface area contributed by atoms with Crippen LogP contribution in [0.25, 0.3) is 0 Å². The van der Waals surface area contributed by atoms with E-state index in [1.165, 1.54) is 0 Å². The zero-order valence-corrected chi connectivity index (χ0v) is 10.5. The predicted molar refractivity (Wildman–Crippen MR) is 60.9 cm³/mol. The van der Waals surface area contributed by atoms with Gasteiger partial charge in [-0.3, -0.25) is 0 Å². The zero-order chi connectivity index (χ0) is 12.2. The minimum atomic E-state index is -0.499. The molecule has 1 heterocycles. The van der Waals surface area contributed by atoms with Crippen LogP contribution in [0.2, 0.25) is 0 Å². The maximum atomic E-state index is 5.55. The molecule has 0 saturated heterocycles. The second-order valence-corrected chi connectivity index (χ2v) is 4.61. The predicted octanol–water partition coefficient (Wildman–Crippen LogP) is 1.48. The molecule has 0 fully saturated rings. The van der Waals surface area contributed by atoms with Crippen molar-refractivity contribution in [3.05, 3.63) is 11.7 Å². The first-order chi connectivity index (χ1) is 7.49. The number of methoxy groups -OCH3 is 1. The van der Waals surface area contributed by atoms with Crippen LogP contribution in [-0.2, 0) is 16.8 Å². The van der Waals surface area contributed by atoms with Crippen LogP contribution in [0.15, 0.2) is 4.52 Å². The highest BCUT2D eigenvalue weighted by atomic mass is 16.5. The van der Waals surface area contributed by atoms with Crippen LogP contribution in [0.5, 0.6) is 0 Å². The van der Waals surface area contributed by atoms with Crippen molar-refractivity contribution in [2.75, 3.05) is 13.7 Å². The molecule has 1 atom stereocenters. The van der Waals surface area contributed by atoms with Crippen LogP contribution in [-0.4, -0.2) is 23.8 Å². The Labute approximate surface area is 96.4 Å². The molecule has 1 rings (SSSR count). The first-order valence-electron chi connectivity index (χ1n) is 5.58. The van der Waals surface area contributed by atoms with Crippen LogP contribution < -0.4 is 5.73 Å². The summed E-state index contributed by atoms with van der Waals surface area (Å²) in [6.45, 7) is 6.61. The lowest BCUT2D eigenvalue weighted by Crippen LogP contribution is -2.21. The van der Waals surface area contributed by atoms with Gasteiger partial charge in [0.1, 0.15) is 5.60 Å². The van der Waals surface area contributed by atoms with Crippen molar-refractivity contribution in [3.8, 4) is 0 Å². The third-order valence-electron chi connectivity index (χ3n) is 2.77. The average molecular weight is 227 g/mol. The van der Waals surface area contributed by atoms with Crippen molar-refractivity contribution >= 4 is 0 Å². The second-order valence-electron chi connectivity index (χ2n) is 4.61. The van der Waals surface area contributed by atoms with Crippen LogP contribution in [0, 0.1) is 5.92 Å². The molecular weight excluding hydrogens is 206 g/mol. The van der Waals surface area contributed by atoms with Gasteiger partial charge in [0.05, 0.1) is 0 Å². The van der Waals surface area contributed by atoms with E-state index in [2.05, 4.69) is 17.1 Å². The SMILES string of the molecule is COC(C)(C)c1noc(CCC(C)CN)n1. The molecule has 0 aliphatic heterocycles. The van der Waals surface area contributed by atoms with Crippen molar-refractivity contribution in [1.29, 1.82) is 0 Å². The van der Waals surface area contributed by atoms with E-state index in [4.69, 9.17) is 15.0 Å². The first-order valence-corrected chi connectivity index (χ1v) is 5.58. The van der Waals surface area contributed by atoms with Crippen LogP contribution in [0.1, 0.15) is 38.9 Å². The summed E-state index contributed by atoms with van der Waals surface area (Å²) in [5.41, 5.74) is 5.05. The molecular formula is C11H21N3O2. The fraction of sp³-hybridized carbons (Fsp3) is 0.818. The van der Waals surface area contributed by atoms with Gasteiger partial charge in [0, 0.05) is 13.5 Å². The van der Waals surface area contributed by atoms with E-state index >= 15 is 0 Å². The van der Waals surface area contributed by atoms with Gasteiger partial charge in [0.2, 0.25) is 11.7 Å². The molecule has 1 aromatic heterocycles. The molecule has 1 aromatic rings. The van der Waals surface area contributed by atoms with Crippen LogP contribution in [0.4, 0.5) is 0 Å². The molecule has 0 amide bonds. The molecule has 92 valence electrons. The Hall–Kier alpha value is -0.940. The number of rotatable bonds is 6. The number of ether oxygens (including phenoxy) is 1. The van der Waals surface area contributed by atoms with Gasteiger partial charge in [-0.25, -0.2) is 0 Å². The number of nitrogens with zero attached hydrogens (tertiary/aromatic N) is 2. The van der Waals surface area contributed by atoms with Crippen molar-refractivity contribution in [3.63, 3.8) is 0 Å². The highest BCUT2D eigenvalue weighted by Crippen LogP contribution is 2.20. The molecule has 2 N–H and O–H groups in total. The smallest absolute Gasteiger partial charge is 0.226 e. The highest BCUT2D eigenvalue weighted by Gasteiger charge is 2.26. The number of hydrogen-bond donors (Lipinski definition) is 1. The van der Waals surface area contributed by atoms with Gasteiger partial charge >= 0.3 is 0 Å². The van der Waals surface area contributed by atoms with E-state index in [9.17, 15) is 0 Å². The zero-order valence-electron chi connectivity index (χ0n) is 10.5. The fourth-order valence-corrected chi connectivity index (χ4v) is 1.18. The van der Waals surface area contributed by atoms with E-state index in [0.29, 0.717) is 24.2 Å². The molecule has 5 nitrogen and oxygen atoms in total. The van der Waals surface area contributed by atoms with Crippen molar-refractivity contribution < 1.29 is 9.26 Å². The number of aryl methyl sites for hydroxylation is 1. The second kappa shape index (κ2) is 5.41. The normalized spacial score (nSPS) is 14.1. The van der Waals surface area contributed by atoms with Gasteiger partial charge < -0.3 is 15.0 Å². The molecule has 1 unspecified atom stereocenters. The molecule has 0 aliphatic rings. The summed E-state index contributed by atoms with van der Waals surface area (Å²) >= 11 is 0. The number of nitrogens with two attached hydrogens (primary N) is 1. The monoisotopic (exact) mass is 227 g/mol. The number of hydrogen-bond acceptors (Lipinski definition) is 5. The Morgan fingerprint density at radius 3 is 2.75 bits per heavy atom. The summed E-state index contributed by atoms with van der Waals surface area (Å²) in [4.78, 5) is 4.32. The highest BCUT2D eigenvalue weighted by molar-refractivity contribution is 4.97. The van der Waals surface area contributed by atoms with Gasteiger partial charge in [-0.1, -0.05) is 12.1 Å². The summed E-state index contributed by atoms with van der Waals surface area (Å²) < 4.78 is 10.4. The summed E-state index contributed by atoms with van der Waals surface area (Å²) in [6.07, 6.45) is 1.73. The third-order valence-corrected chi connectivity index (χ3v) is 2.77. The molecule has 0 aromatic carbocycles. The van der Waals surface area contributed by atoms with Crippen molar-refractivity contribution in [1.82, 2.24) is 10.1 Å². The van der Waals surface area contributed by atoms with Gasteiger partial charge in [0.15, 0.2) is 0 Å². The number of aromatic nitrogens is 2. The summed E-state index contributed by atoms with van der Waals surface area (Å²) in [6, 6.07) is 0. The molecule has 0 aliphatic carbocycles. The summed E-state index contributed by atoms with van der Waals surface area (Å²) in [5.74, 6) is 1.72. The standard InChI is InChI=1S/C11H21N3O2/c1-8(7-12)5-6-9-13-10(14-16-9)11(2,3)15-4/h8H,5-7,12H2,1-4H3. The van der Waals surface area contributed by atoms with Gasteiger partial charge in [-0.2, -0.15) is 4.98 Å². The Morgan fingerprint density at radius 2 is 2.19 bits per heavy atom. The van der Waals surface area contributed by atoms with E-state index in [1.807, 2.05) is 13.8 Å². The Balaban J connectivity index is 2.58. The summed E-state index contributed by atoms with van der Waals surface area (Å²) in [7, 11) is 1.63. The Kier molecular flexibility index (Phi) is 4.44. The lowest BCUT2D eigenvalue weighted by molar-refractivity contribution is 0.00973. The minimum absolute atomic E-state index is 0.478. The molecule has 0 saturated carbocycles. The lowest BCUT2D eigenvalue weighted by atomic mass is 10.1. The van der Waals surface area contributed by atoms with Gasteiger partial charge in [-0.05, 0) is 32.7 Å². The van der Waals surface area contributed by atoms with E-state index in [-0.39, 0.29) is 0 Å². The van der Waals surface area contributed by atoms with Crippen molar-refractivity contribution in [2.45, 2.75) is 39.2 Å². The molecule has 5 heteroatoms. The fourth-order valence-electron chi connectivity index (χ4n) is 1.18. The van der Waals surface area contributed by atoms with Gasteiger partial charge in [0.25, 0.3) is 0 Å². The molecule has 16 heavy (non-hydrogen) atoms. The maximum absolute atomic E-state index is 5.55. The first kappa shape index (κ1) is 13.1. The third kappa shape index (κ3) is 3.28. The molecule has 0 radical (unpaired) electrons. The minimum Gasteiger partial charge on any atom is -0.371 e. The summed E-state index contributed by atoms with van der Waals surface area (Å²) in [5, 5.41) is 3.92. The van der Waals surface area contributed by atoms with Crippen molar-refractivity contribution in [2.24, 2.45) is 11.7 Å². The lowest BCUT2D eigenvalue weighted by Gasteiger charge is -2.17. The van der Waals surface area contributed by atoms with Gasteiger partial charge in [-0.15, -0.1) is 0 Å². The van der Waals surface area contributed by atoms with Crippen LogP contribution >= 0.6 is 0 Å². The maximum Gasteiger partial charge on any atom is 0.226 e. The topological polar surface area (TPSA) is 74.2 Å². The van der Waals surface area contributed by atoms with E-state index < -0.39 is 5.60 Å². The molecule has 0 bridgehead atoms. The largest absolute Gasteiger partial charge is 0.371 e.